The van der Waals surface area contributed by atoms with E-state index in [0.717, 1.165) is 43.3 Å². The zero-order chi connectivity index (χ0) is 14.4. The van der Waals surface area contributed by atoms with E-state index in [-0.39, 0.29) is 5.82 Å². The van der Waals surface area contributed by atoms with Gasteiger partial charge in [-0.2, -0.15) is 0 Å². The lowest BCUT2D eigenvalue weighted by Crippen LogP contribution is -2.36. The van der Waals surface area contributed by atoms with E-state index in [2.05, 4.69) is 22.5 Å². The van der Waals surface area contributed by atoms with Gasteiger partial charge < -0.3 is 15.6 Å². The molecule has 0 aliphatic rings. The van der Waals surface area contributed by atoms with Gasteiger partial charge in [0.15, 0.2) is 5.11 Å². The number of benzene rings is 1. The number of aromatic nitrogens is 1. The first-order valence-corrected chi connectivity index (χ1v) is 7.38. The largest absolute Gasteiger partial charge is 0.363 e. The average molecular weight is 293 g/mol. The van der Waals surface area contributed by atoms with Crippen LogP contribution >= 0.6 is 12.2 Å². The fourth-order valence-corrected chi connectivity index (χ4v) is 2.32. The molecule has 1 aromatic heterocycles. The van der Waals surface area contributed by atoms with Crippen LogP contribution in [-0.4, -0.2) is 23.2 Å². The highest BCUT2D eigenvalue weighted by Crippen LogP contribution is 2.19. The molecule has 0 saturated carbocycles. The van der Waals surface area contributed by atoms with Crippen molar-refractivity contribution in [2.45, 2.75) is 26.2 Å². The molecule has 3 nitrogen and oxygen atoms in total. The van der Waals surface area contributed by atoms with Gasteiger partial charge in [0.2, 0.25) is 0 Å². The number of halogens is 1. The number of H-pyrrole nitrogens is 1. The Hall–Kier alpha value is -1.62. The highest BCUT2D eigenvalue weighted by Gasteiger charge is 2.04. The van der Waals surface area contributed by atoms with E-state index in [1.165, 1.54) is 17.7 Å². The Labute approximate surface area is 124 Å². The van der Waals surface area contributed by atoms with Gasteiger partial charge in [-0.1, -0.05) is 13.3 Å². The van der Waals surface area contributed by atoms with Crippen LogP contribution < -0.4 is 10.6 Å². The lowest BCUT2D eigenvalue weighted by molar-refractivity contribution is 0.629. The third-order valence-corrected chi connectivity index (χ3v) is 3.51. The second-order valence-corrected chi connectivity index (χ2v) is 5.20. The van der Waals surface area contributed by atoms with Crippen LogP contribution in [0.3, 0.4) is 0 Å². The highest BCUT2D eigenvalue weighted by atomic mass is 32.1. The van der Waals surface area contributed by atoms with Crippen LogP contribution in [0.4, 0.5) is 4.39 Å². The molecule has 2 rings (SSSR count). The van der Waals surface area contributed by atoms with Gasteiger partial charge in [-0.15, -0.1) is 0 Å². The summed E-state index contributed by atoms with van der Waals surface area (Å²) in [6, 6.07) is 4.82. The molecule has 0 spiro atoms. The van der Waals surface area contributed by atoms with Crippen molar-refractivity contribution in [2.75, 3.05) is 13.1 Å². The van der Waals surface area contributed by atoms with E-state index < -0.39 is 0 Å². The lowest BCUT2D eigenvalue weighted by Gasteiger charge is -2.09. The molecule has 108 valence electrons. The van der Waals surface area contributed by atoms with Crippen LogP contribution in [-0.2, 0) is 6.42 Å². The van der Waals surface area contributed by atoms with E-state index in [1.807, 2.05) is 12.3 Å². The standard InChI is InChI=1S/C15H20FN3S/c1-2-3-7-17-15(20)18-8-6-11-10-19-14-9-12(16)4-5-13(11)14/h4-5,9-10,19H,2-3,6-8H2,1H3,(H2,17,18,20). The number of hydrogen-bond acceptors (Lipinski definition) is 1. The molecule has 5 heteroatoms. The summed E-state index contributed by atoms with van der Waals surface area (Å²) in [4.78, 5) is 3.09. The first-order chi connectivity index (χ1) is 9.70. The van der Waals surface area contributed by atoms with Gasteiger partial charge in [-0.3, -0.25) is 0 Å². The first-order valence-electron chi connectivity index (χ1n) is 6.98. The van der Waals surface area contributed by atoms with Crippen LogP contribution in [0.2, 0.25) is 0 Å². The van der Waals surface area contributed by atoms with E-state index in [9.17, 15) is 4.39 Å². The molecule has 0 aliphatic carbocycles. The maximum Gasteiger partial charge on any atom is 0.166 e. The first kappa shape index (κ1) is 14.8. The van der Waals surface area contributed by atoms with Crippen LogP contribution in [0.1, 0.15) is 25.3 Å². The Kier molecular flexibility index (Phi) is 5.35. The molecule has 1 aromatic carbocycles. The van der Waals surface area contributed by atoms with Gasteiger partial charge in [0, 0.05) is 30.2 Å². The molecule has 0 aliphatic heterocycles. The van der Waals surface area contributed by atoms with Crippen molar-refractivity contribution >= 4 is 28.2 Å². The average Bonchev–Trinajstić information content (AvgIpc) is 2.81. The molecular weight excluding hydrogens is 273 g/mol. The monoisotopic (exact) mass is 293 g/mol. The van der Waals surface area contributed by atoms with Gasteiger partial charge in [0.25, 0.3) is 0 Å². The molecule has 1 heterocycles. The summed E-state index contributed by atoms with van der Waals surface area (Å²) in [5, 5.41) is 8.13. The predicted octanol–water partition coefficient (Wildman–Crippen LogP) is 3.11. The molecule has 0 fully saturated rings. The molecule has 0 amide bonds. The Morgan fingerprint density at radius 2 is 2.10 bits per heavy atom. The lowest BCUT2D eigenvalue weighted by atomic mass is 10.1. The van der Waals surface area contributed by atoms with E-state index in [1.54, 1.807) is 0 Å². The Morgan fingerprint density at radius 1 is 1.30 bits per heavy atom. The van der Waals surface area contributed by atoms with E-state index >= 15 is 0 Å². The van der Waals surface area contributed by atoms with Crippen molar-refractivity contribution in [1.29, 1.82) is 0 Å². The number of hydrogen-bond donors (Lipinski definition) is 3. The van der Waals surface area contributed by atoms with Crippen LogP contribution in [0.15, 0.2) is 24.4 Å². The fraction of sp³-hybridized carbons (Fsp3) is 0.400. The minimum Gasteiger partial charge on any atom is -0.363 e. The number of thiocarbonyl (C=S) groups is 1. The molecule has 3 N–H and O–H groups in total. The second-order valence-electron chi connectivity index (χ2n) is 4.79. The molecule has 0 atom stereocenters. The number of unbranched alkanes of at least 4 members (excludes halogenated alkanes) is 1. The van der Waals surface area contributed by atoms with E-state index in [4.69, 9.17) is 12.2 Å². The summed E-state index contributed by atoms with van der Waals surface area (Å²) >= 11 is 5.20. The zero-order valence-electron chi connectivity index (χ0n) is 11.6. The van der Waals surface area contributed by atoms with Gasteiger partial charge in [-0.25, -0.2) is 4.39 Å². The maximum atomic E-state index is 13.1. The Balaban J connectivity index is 1.82. The number of fused-ring (bicyclic) bond motifs is 1. The normalized spacial score (nSPS) is 10.7. The zero-order valence-corrected chi connectivity index (χ0v) is 12.4. The highest BCUT2D eigenvalue weighted by molar-refractivity contribution is 7.80. The Morgan fingerprint density at radius 3 is 2.90 bits per heavy atom. The molecule has 2 aromatic rings. The van der Waals surface area contributed by atoms with Crippen LogP contribution in [0.25, 0.3) is 10.9 Å². The maximum absolute atomic E-state index is 13.1. The molecule has 0 unspecified atom stereocenters. The Bertz CT molecular complexity index is 580. The van der Waals surface area contributed by atoms with Crippen molar-refractivity contribution in [3.8, 4) is 0 Å². The van der Waals surface area contributed by atoms with Crippen LogP contribution in [0.5, 0.6) is 0 Å². The molecule has 0 bridgehead atoms. The minimum atomic E-state index is -0.217. The summed E-state index contributed by atoms with van der Waals surface area (Å²) in [7, 11) is 0. The van der Waals surface area contributed by atoms with Crippen molar-refractivity contribution in [3.05, 3.63) is 35.8 Å². The smallest absolute Gasteiger partial charge is 0.166 e. The summed E-state index contributed by atoms with van der Waals surface area (Å²) in [5.41, 5.74) is 2.01. The molecule has 20 heavy (non-hydrogen) atoms. The third-order valence-electron chi connectivity index (χ3n) is 3.23. The summed E-state index contributed by atoms with van der Waals surface area (Å²) in [6.45, 7) is 3.83. The van der Waals surface area contributed by atoms with Gasteiger partial charge in [0.1, 0.15) is 5.82 Å². The summed E-state index contributed by atoms with van der Waals surface area (Å²) < 4.78 is 13.1. The van der Waals surface area contributed by atoms with Crippen molar-refractivity contribution < 1.29 is 4.39 Å². The quantitative estimate of drug-likeness (QED) is 0.566. The number of aromatic amines is 1. The van der Waals surface area contributed by atoms with Crippen molar-refractivity contribution in [3.63, 3.8) is 0 Å². The minimum absolute atomic E-state index is 0.217. The fourth-order valence-electron chi connectivity index (χ4n) is 2.12. The molecule has 0 saturated heterocycles. The van der Waals surface area contributed by atoms with Gasteiger partial charge in [-0.05, 0) is 48.8 Å². The van der Waals surface area contributed by atoms with Crippen molar-refractivity contribution in [1.82, 2.24) is 15.6 Å². The SMILES string of the molecule is CCCCNC(=S)NCCc1c[nH]c2cc(F)ccc12. The van der Waals surface area contributed by atoms with Gasteiger partial charge >= 0.3 is 0 Å². The predicted molar refractivity (Wildman–Crippen MR) is 85.5 cm³/mol. The molecular formula is C15H20FN3S. The third kappa shape index (κ3) is 3.93. The van der Waals surface area contributed by atoms with E-state index in [0.29, 0.717) is 5.11 Å². The molecule has 0 radical (unpaired) electrons. The second kappa shape index (κ2) is 7.24. The topological polar surface area (TPSA) is 39.8 Å². The van der Waals surface area contributed by atoms with Crippen molar-refractivity contribution in [2.24, 2.45) is 0 Å². The van der Waals surface area contributed by atoms with Gasteiger partial charge in [0.05, 0.1) is 0 Å². The summed E-state index contributed by atoms with van der Waals surface area (Å²) in [5.74, 6) is -0.217. The summed E-state index contributed by atoms with van der Waals surface area (Å²) in [6.07, 6.45) is 5.05. The van der Waals surface area contributed by atoms with Crippen LogP contribution in [0, 0.1) is 5.82 Å². The number of rotatable bonds is 6. The number of nitrogens with one attached hydrogen (secondary N) is 3.